The summed E-state index contributed by atoms with van der Waals surface area (Å²) in [5.41, 5.74) is 0.167. The van der Waals surface area contributed by atoms with Gasteiger partial charge in [0, 0.05) is 27.1 Å². The van der Waals surface area contributed by atoms with Gasteiger partial charge < -0.3 is 15.3 Å². The lowest BCUT2D eigenvalue weighted by molar-refractivity contribution is -0.120. The van der Waals surface area contributed by atoms with Crippen LogP contribution < -0.4 is 10.2 Å². The fourth-order valence-electron chi connectivity index (χ4n) is 1.46. The molecule has 0 saturated carbocycles. The third-order valence-corrected chi connectivity index (χ3v) is 2.56. The summed E-state index contributed by atoms with van der Waals surface area (Å²) >= 11 is 0. The first-order valence-corrected chi connectivity index (χ1v) is 5.40. The number of rotatable bonds is 5. The van der Waals surface area contributed by atoms with Crippen LogP contribution >= 0.6 is 0 Å². The monoisotopic (exact) mass is 254 g/mol. The van der Waals surface area contributed by atoms with Crippen LogP contribution in [-0.4, -0.2) is 37.6 Å². The van der Waals surface area contributed by atoms with Gasteiger partial charge >= 0.3 is 5.97 Å². The van der Waals surface area contributed by atoms with E-state index in [0.717, 1.165) is 6.07 Å². The molecule has 0 aliphatic carbocycles. The van der Waals surface area contributed by atoms with Gasteiger partial charge in [0.2, 0.25) is 5.91 Å². The van der Waals surface area contributed by atoms with Gasteiger partial charge in [0.15, 0.2) is 0 Å². The van der Waals surface area contributed by atoms with Crippen LogP contribution in [0.4, 0.5) is 10.1 Å². The molecule has 6 heteroatoms. The highest BCUT2D eigenvalue weighted by Gasteiger charge is 2.12. The summed E-state index contributed by atoms with van der Waals surface area (Å²) < 4.78 is 13.7. The second kappa shape index (κ2) is 6.00. The minimum Gasteiger partial charge on any atom is -0.478 e. The zero-order chi connectivity index (χ0) is 13.7. The summed E-state index contributed by atoms with van der Waals surface area (Å²) in [6.07, 6.45) is 0.243. The molecule has 98 valence electrons. The molecule has 0 fully saturated rings. The van der Waals surface area contributed by atoms with Crippen molar-refractivity contribution in [1.29, 1.82) is 0 Å². The highest BCUT2D eigenvalue weighted by atomic mass is 19.1. The summed E-state index contributed by atoms with van der Waals surface area (Å²) in [5, 5.41) is 11.2. The van der Waals surface area contributed by atoms with E-state index >= 15 is 0 Å². The molecule has 1 aromatic rings. The molecule has 1 rings (SSSR count). The van der Waals surface area contributed by atoms with Gasteiger partial charge in [0.05, 0.1) is 11.3 Å². The molecule has 0 unspecified atom stereocenters. The minimum absolute atomic E-state index is 0.101. The van der Waals surface area contributed by atoms with Gasteiger partial charge in [-0.15, -0.1) is 0 Å². The predicted molar refractivity (Wildman–Crippen MR) is 65.3 cm³/mol. The van der Waals surface area contributed by atoms with Crippen LogP contribution in [-0.2, 0) is 4.79 Å². The fourth-order valence-corrected chi connectivity index (χ4v) is 1.46. The molecule has 0 atom stereocenters. The predicted octanol–water partition coefficient (Wildman–Crippen LogP) is 1.10. The van der Waals surface area contributed by atoms with Crippen molar-refractivity contribution in [3.05, 3.63) is 29.6 Å². The van der Waals surface area contributed by atoms with Crippen molar-refractivity contribution in [2.45, 2.75) is 6.42 Å². The summed E-state index contributed by atoms with van der Waals surface area (Å²) in [6.45, 7) is 0.350. The van der Waals surface area contributed by atoms with Crippen molar-refractivity contribution in [1.82, 2.24) is 5.32 Å². The molecule has 0 spiro atoms. The fraction of sp³-hybridized carbons (Fsp3) is 0.333. The first-order chi connectivity index (χ1) is 8.45. The van der Waals surface area contributed by atoms with Crippen molar-refractivity contribution >= 4 is 17.6 Å². The van der Waals surface area contributed by atoms with E-state index in [1.165, 1.54) is 19.2 Å². The number of carboxylic acids is 1. The molecular formula is C12H15FN2O3. The maximum atomic E-state index is 13.7. The van der Waals surface area contributed by atoms with Crippen LogP contribution in [0.2, 0.25) is 0 Å². The van der Waals surface area contributed by atoms with Gasteiger partial charge in [-0.1, -0.05) is 0 Å². The van der Waals surface area contributed by atoms with Crippen LogP contribution in [0.5, 0.6) is 0 Å². The second-order valence-electron chi connectivity index (χ2n) is 3.82. The van der Waals surface area contributed by atoms with Crippen molar-refractivity contribution < 1.29 is 19.1 Å². The SMILES string of the molecule is CNC(=O)CCN(C)c1ccc(C(=O)O)cc1F. The van der Waals surface area contributed by atoms with Gasteiger partial charge in [0.25, 0.3) is 0 Å². The largest absolute Gasteiger partial charge is 0.478 e. The Hall–Kier alpha value is -2.11. The Labute approximate surface area is 104 Å². The summed E-state index contributed by atoms with van der Waals surface area (Å²) in [5.74, 6) is -1.92. The molecule has 0 saturated heterocycles. The average Bonchev–Trinajstić information content (AvgIpc) is 2.35. The molecule has 0 radical (unpaired) electrons. The third kappa shape index (κ3) is 3.44. The first-order valence-electron chi connectivity index (χ1n) is 5.40. The number of carboxylic acid groups (broad SMARTS) is 1. The Morgan fingerprint density at radius 1 is 1.44 bits per heavy atom. The van der Waals surface area contributed by atoms with Crippen molar-refractivity contribution in [3.8, 4) is 0 Å². The van der Waals surface area contributed by atoms with E-state index in [-0.39, 0.29) is 23.6 Å². The van der Waals surface area contributed by atoms with E-state index < -0.39 is 11.8 Å². The molecule has 5 nitrogen and oxygen atoms in total. The van der Waals surface area contributed by atoms with Crippen LogP contribution in [0, 0.1) is 5.82 Å². The molecular weight excluding hydrogens is 239 g/mol. The van der Waals surface area contributed by atoms with E-state index in [2.05, 4.69) is 5.32 Å². The smallest absolute Gasteiger partial charge is 0.335 e. The van der Waals surface area contributed by atoms with E-state index in [4.69, 9.17) is 5.11 Å². The van der Waals surface area contributed by atoms with Crippen LogP contribution in [0.25, 0.3) is 0 Å². The first kappa shape index (κ1) is 14.0. The average molecular weight is 254 g/mol. The highest BCUT2D eigenvalue weighted by Crippen LogP contribution is 2.19. The van der Waals surface area contributed by atoms with Gasteiger partial charge in [-0.25, -0.2) is 9.18 Å². The number of nitrogens with zero attached hydrogens (tertiary/aromatic N) is 1. The zero-order valence-corrected chi connectivity index (χ0v) is 10.2. The Morgan fingerprint density at radius 3 is 2.61 bits per heavy atom. The summed E-state index contributed by atoms with van der Waals surface area (Å²) in [6, 6.07) is 3.69. The van der Waals surface area contributed by atoms with Crippen LogP contribution in [0.3, 0.4) is 0 Å². The molecule has 18 heavy (non-hydrogen) atoms. The lowest BCUT2D eigenvalue weighted by Gasteiger charge is -2.19. The molecule has 1 amide bonds. The lowest BCUT2D eigenvalue weighted by Crippen LogP contribution is -2.26. The zero-order valence-electron chi connectivity index (χ0n) is 10.2. The molecule has 2 N–H and O–H groups in total. The summed E-state index contributed by atoms with van der Waals surface area (Å²) in [7, 11) is 3.17. The van der Waals surface area contributed by atoms with Crippen molar-refractivity contribution in [2.75, 3.05) is 25.5 Å². The number of nitrogens with one attached hydrogen (secondary N) is 1. The van der Waals surface area contributed by atoms with Crippen molar-refractivity contribution in [2.24, 2.45) is 0 Å². The van der Waals surface area contributed by atoms with Gasteiger partial charge in [-0.05, 0) is 18.2 Å². The Bertz CT molecular complexity index is 463. The highest BCUT2D eigenvalue weighted by molar-refractivity contribution is 5.88. The van der Waals surface area contributed by atoms with Gasteiger partial charge in [0.1, 0.15) is 5.82 Å². The number of halogens is 1. The number of carbonyl (C=O) groups is 2. The topological polar surface area (TPSA) is 69.6 Å². The standard InChI is InChI=1S/C12H15FN2O3/c1-14-11(16)5-6-15(2)10-4-3-8(12(17)18)7-9(10)13/h3-4,7H,5-6H2,1-2H3,(H,14,16)(H,17,18). The van der Waals surface area contributed by atoms with Crippen LogP contribution in [0.1, 0.15) is 16.8 Å². The maximum Gasteiger partial charge on any atom is 0.335 e. The number of anilines is 1. The molecule has 0 heterocycles. The maximum absolute atomic E-state index is 13.7. The quantitative estimate of drug-likeness (QED) is 0.825. The normalized spacial score (nSPS) is 9.94. The number of aromatic carboxylic acids is 1. The number of carbonyl (C=O) groups excluding carboxylic acids is 1. The Balaban J connectivity index is 2.77. The van der Waals surface area contributed by atoms with Gasteiger partial charge in [-0.2, -0.15) is 0 Å². The van der Waals surface area contributed by atoms with Gasteiger partial charge in [-0.3, -0.25) is 4.79 Å². The second-order valence-corrected chi connectivity index (χ2v) is 3.82. The summed E-state index contributed by atoms with van der Waals surface area (Å²) in [4.78, 5) is 23.3. The lowest BCUT2D eigenvalue weighted by atomic mass is 10.2. The van der Waals surface area contributed by atoms with E-state index in [1.54, 1.807) is 11.9 Å². The van der Waals surface area contributed by atoms with E-state index in [1.807, 2.05) is 0 Å². The van der Waals surface area contributed by atoms with Crippen LogP contribution in [0.15, 0.2) is 18.2 Å². The Morgan fingerprint density at radius 2 is 2.11 bits per heavy atom. The number of amides is 1. The molecule has 0 bridgehead atoms. The van der Waals surface area contributed by atoms with E-state index in [9.17, 15) is 14.0 Å². The minimum atomic E-state index is -1.17. The molecule has 1 aromatic carbocycles. The van der Waals surface area contributed by atoms with E-state index in [0.29, 0.717) is 6.54 Å². The van der Waals surface area contributed by atoms with Crippen molar-refractivity contribution in [3.63, 3.8) is 0 Å². The number of hydrogen-bond acceptors (Lipinski definition) is 3. The third-order valence-electron chi connectivity index (χ3n) is 2.56. The Kier molecular flexibility index (Phi) is 4.65. The number of benzene rings is 1. The molecule has 0 aliphatic heterocycles. The molecule has 0 aliphatic rings. The number of hydrogen-bond donors (Lipinski definition) is 2. The molecule has 0 aromatic heterocycles.